The molecule has 1 saturated carbocycles. The number of benzene rings is 1. The van der Waals surface area contributed by atoms with Crippen LogP contribution in [-0.2, 0) is 9.84 Å². The van der Waals surface area contributed by atoms with E-state index in [2.05, 4.69) is 15.5 Å². The van der Waals surface area contributed by atoms with E-state index in [1.807, 2.05) is 0 Å². The summed E-state index contributed by atoms with van der Waals surface area (Å²) in [6.45, 7) is 0.362. The maximum absolute atomic E-state index is 12.9. The second kappa shape index (κ2) is 7.89. The van der Waals surface area contributed by atoms with Crippen molar-refractivity contribution in [3.8, 4) is 0 Å². The van der Waals surface area contributed by atoms with E-state index in [0.29, 0.717) is 24.1 Å². The van der Waals surface area contributed by atoms with Crippen LogP contribution in [-0.4, -0.2) is 40.8 Å². The van der Waals surface area contributed by atoms with Crippen molar-refractivity contribution in [1.29, 1.82) is 0 Å². The molecule has 1 aromatic carbocycles. The van der Waals surface area contributed by atoms with Gasteiger partial charge in [-0.05, 0) is 43.0 Å². The molecule has 1 aliphatic rings. The first kappa shape index (κ1) is 18.9. The molecule has 2 aromatic heterocycles. The zero-order chi connectivity index (χ0) is 19.6. The number of hydrogen-bond acceptors (Lipinski definition) is 6. The first-order valence-corrected chi connectivity index (χ1v) is 11.1. The van der Waals surface area contributed by atoms with Crippen molar-refractivity contribution < 1.29 is 13.5 Å². The highest BCUT2D eigenvalue weighted by molar-refractivity contribution is 7.91. The second-order valence-corrected chi connectivity index (χ2v) is 9.23. The van der Waals surface area contributed by atoms with Crippen molar-refractivity contribution in [1.82, 2.24) is 14.6 Å². The Balaban J connectivity index is 1.56. The van der Waals surface area contributed by atoms with Gasteiger partial charge in [0.25, 0.3) is 0 Å². The maximum Gasteiger partial charge on any atom is 0.229 e. The lowest BCUT2D eigenvalue weighted by Crippen LogP contribution is -2.30. The molecule has 0 radical (unpaired) electrons. The number of rotatable bonds is 6. The van der Waals surface area contributed by atoms with E-state index in [1.165, 1.54) is 18.7 Å². The lowest BCUT2D eigenvalue weighted by molar-refractivity contribution is 0.0955. The van der Waals surface area contributed by atoms with Crippen LogP contribution in [0, 0.1) is 5.92 Å². The standard InChI is InChI=1S/C20H24N4O3S/c25-18(15-7-3-1-4-8-15)13-21-20-23-22-19-12-11-17(14-24(19)20)28(26,27)16-9-5-2-6-10-16/h2,5-6,9-12,14-15,18,25H,1,3-4,7-8,13H2,(H,21,23). The second-order valence-electron chi connectivity index (χ2n) is 7.28. The number of hydrogen-bond donors (Lipinski definition) is 2. The van der Waals surface area contributed by atoms with Gasteiger partial charge in [-0.15, -0.1) is 10.2 Å². The zero-order valence-corrected chi connectivity index (χ0v) is 16.3. The highest BCUT2D eigenvalue weighted by Crippen LogP contribution is 2.27. The van der Waals surface area contributed by atoms with Crippen molar-refractivity contribution in [2.45, 2.75) is 48.0 Å². The van der Waals surface area contributed by atoms with E-state index in [1.54, 1.807) is 40.8 Å². The van der Waals surface area contributed by atoms with Gasteiger partial charge >= 0.3 is 0 Å². The molecular formula is C20H24N4O3S. The number of pyridine rings is 1. The molecule has 7 nitrogen and oxygen atoms in total. The first-order chi connectivity index (χ1) is 13.6. The van der Waals surface area contributed by atoms with Gasteiger partial charge in [-0.1, -0.05) is 37.5 Å². The van der Waals surface area contributed by atoms with Gasteiger partial charge in [0.1, 0.15) is 0 Å². The van der Waals surface area contributed by atoms with Crippen LogP contribution < -0.4 is 5.32 Å². The van der Waals surface area contributed by atoms with Gasteiger partial charge in [0.2, 0.25) is 15.8 Å². The Bertz CT molecular complexity index is 1040. The van der Waals surface area contributed by atoms with Crippen LogP contribution in [0.3, 0.4) is 0 Å². The third-order valence-corrected chi connectivity index (χ3v) is 7.16. The molecule has 2 heterocycles. The molecule has 1 atom stereocenters. The fourth-order valence-corrected chi connectivity index (χ4v) is 5.05. The van der Waals surface area contributed by atoms with E-state index in [0.717, 1.165) is 25.7 Å². The molecule has 0 spiro atoms. The highest BCUT2D eigenvalue weighted by atomic mass is 32.2. The minimum atomic E-state index is -3.63. The predicted molar refractivity (Wildman–Crippen MR) is 106 cm³/mol. The topological polar surface area (TPSA) is 96.6 Å². The minimum absolute atomic E-state index is 0.168. The summed E-state index contributed by atoms with van der Waals surface area (Å²) in [4.78, 5) is 0.409. The minimum Gasteiger partial charge on any atom is -0.391 e. The Labute approximate surface area is 164 Å². The fraction of sp³-hybridized carbons (Fsp3) is 0.400. The third kappa shape index (κ3) is 3.74. The normalized spacial score (nSPS) is 16.9. The zero-order valence-electron chi connectivity index (χ0n) is 15.5. The number of aliphatic hydroxyl groups is 1. The Morgan fingerprint density at radius 1 is 1.04 bits per heavy atom. The van der Waals surface area contributed by atoms with Crippen LogP contribution in [0.5, 0.6) is 0 Å². The molecule has 28 heavy (non-hydrogen) atoms. The van der Waals surface area contributed by atoms with Crippen molar-refractivity contribution >= 4 is 21.4 Å². The molecule has 3 aromatic rings. The maximum atomic E-state index is 12.9. The number of fused-ring (bicyclic) bond motifs is 1. The average molecular weight is 401 g/mol. The van der Waals surface area contributed by atoms with Crippen LogP contribution in [0.15, 0.2) is 58.5 Å². The predicted octanol–water partition coefficient (Wildman–Crippen LogP) is 2.92. The van der Waals surface area contributed by atoms with Gasteiger partial charge in [0.05, 0.1) is 15.9 Å². The number of aliphatic hydroxyl groups excluding tert-OH is 1. The Kier molecular flexibility index (Phi) is 5.32. The first-order valence-electron chi connectivity index (χ1n) is 9.62. The highest BCUT2D eigenvalue weighted by Gasteiger charge is 2.22. The summed E-state index contributed by atoms with van der Waals surface area (Å²) in [5.41, 5.74) is 0.543. The summed E-state index contributed by atoms with van der Waals surface area (Å²) in [5, 5.41) is 21.8. The number of aromatic nitrogens is 3. The summed E-state index contributed by atoms with van der Waals surface area (Å²) in [5.74, 6) is 0.726. The molecule has 0 aliphatic heterocycles. The Morgan fingerprint density at radius 3 is 2.54 bits per heavy atom. The Hall–Kier alpha value is -2.45. The van der Waals surface area contributed by atoms with E-state index in [4.69, 9.17) is 0 Å². The van der Waals surface area contributed by atoms with Crippen molar-refractivity contribution in [2.24, 2.45) is 5.92 Å². The molecule has 2 N–H and O–H groups in total. The van der Waals surface area contributed by atoms with Crippen molar-refractivity contribution in [2.75, 3.05) is 11.9 Å². The molecule has 1 fully saturated rings. The molecule has 148 valence electrons. The van der Waals surface area contributed by atoms with Crippen LogP contribution in [0.25, 0.3) is 5.65 Å². The monoisotopic (exact) mass is 400 g/mol. The van der Waals surface area contributed by atoms with E-state index in [-0.39, 0.29) is 9.79 Å². The fourth-order valence-electron chi connectivity index (χ4n) is 3.77. The molecule has 0 saturated heterocycles. The number of nitrogens with one attached hydrogen (secondary N) is 1. The van der Waals surface area contributed by atoms with Gasteiger partial charge in [0, 0.05) is 12.7 Å². The molecule has 8 heteroatoms. The van der Waals surface area contributed by atoms with E-state index in [9.17, 15) is 13.5 Å². The third-order valence-electron chi connectivity index (χ3n) is 5.40. The van der Waals surface area contributed by atoms with Crippen LogP contribution >= 0.6 is 0 Å². The lowest BCUT2D eigenvalue weighted by Gasteiger charge is -2.26. The molecule has 4 rings (SSSR count). The summed E-state index contributed by atoms with van der Waals surface area (Å²) in [6, 6.07) is 11.5. The summed E-state index contributed by atoms with van der Waals surface area (Å²) >= 11 is 0. The summed E-state index contributed by atoms with van der Waals surface area (Å²) < 4.78 is 27.4. The average Bonchev–Trinajstić information content (AvgIpc) is 3.15. The SMILES string of the molecule is O=S(=O)(c1ccccc1)c1ccc2nnc(NCC(O)C3CCCCC3)n2c1. The van der Waals surface area contributed by atoms with Gasteiger partial charge in [-0.3, -0.25) is 4.40 Å². The number of sulfone groups is 1. The van der Waals surface area contributed by atoms with Gasteiger partial charge < -0.3 is 10.4 Å². The lowest BCUT2D eigenvalue weighted by atomic mass is 9.85. The molecule has 1 unspecified atom stereocenters. The summed E-state index contributed by atoms with van der Waals surface area (Å²) in [7, 11) is -3.63. The quantitative estimate of drug-likeness (QED) is 0.660. The van der Waals surface area contributed by atoms with Gasteiger partial charge in [0.15, 0.2) is 5.65 Å². The smallest absolute Gasteiger partial charge is 0.229 e. The van der Waals surface area contributed by atoms with E-state index < -0.39 is 15.9 Å². The van der Waals surface area contributed by atoms with E-state index >= 15 is 0 Å². The number of anilines is 1. The Morgan fingerprint density at radius 2 is 1.79 bits per heavy atom. The molecule has 1 aliphatic carbocycles. The van der Waals surface area contributed by atoms with Crippen LogP contribution in [0.2, 0.25) is 0 Å². The van der Waals surface area contributed by atoms with Gasteiger partial charge in [-0.25, -0.2) is 8.42 Å². The van der Waals surface area contributed by atoms with Crippen LogP contribution in [0.1, 0.15) is 32.1 Å². The molecule has 0 bridgehead atoms. The molecular weight excluding hydrogens is 376 g/mol. The summed E-state index contributed by atoms with van der Waals surface area (Å²) in [6.07, 6.45) is 6.72. The largest absolute Gasteiger partial charge is 0.391 e. The number of nitrogens with zero attached hydrogens (tertiary/aromatic N) is 3. The molecule has 0 amide bonds. The van der Waals surface area contributed by atoms with Crippen molar-refractivity contribution in [3.05, 3.63) is 48.7 Å². The van der Waals surface area contributed by atoms with Crippen molar-refractivity contribution in [3.63, 3.8) is 0 Å². The van der Waals surface area contributed by atoms with Crippen LogP contribution in [0.4, 0.5) is 5.95 Å². The van der Waals surface area contributed by atoms with Gasteiger partial charge in [-0.2, -0.15) is 0 Å².